The highest BCUT2D eigenvalue weighted by molar-refractivity contribution is 5.01. The summed E-state index contributed by atoms with van der Waals surface area (Å²) in [4.78, 5) is 0. The zero-order chi connectivity index (χ0) is 9.90. The smallest absolute Gasteiger partial charge is 0.210 e. The van der Waals surface area contributed by atoms with Crippen LogP contribution in [0.15, 0.2) is 0 Å². The van der Waals surface area contributed by atoms with Gasteiger partial charge in [0.2, 0.25) is 6.43 Å². The van der Waals surface area contributed by atoms with Crippen LogP contribution in [0.5, 0.6) is 0 Å². The molecule has 0 radical (unpaired) electrons. The van der Waals surface area contributed by atoms with Crippen molar-refractivity contribution in [1.29, 1.82) is 5.26 Å². The lowest BCUT2D eigenvalue weighted by molar-refractivity contribution is 0.0671. The van der Waals surface area contributed by atoms with Crippen molar-refractivity contribution in [3.8, 4) is 6.07 Å². The molecule has 0 heterocycles. The molecule has 0 aliphatic heterocycles. The average molecular weight is 187 g/mol. The average Bonchev–Trinajstić information content (AvgIpc) is 2.03. The quantitative estimate of drug-likeness (QED) is 0.650. The number of hydrogen-bond acceptors (Lipinski definition) is 1. The normalized spacial score (nSPS) is 34.5. The molecule has 2 unspecified atom stereocenters. The molecule has 2 atom stereocenters. The van der Waals surface area contributed by atoms with Crippen LogP contribution in [0.4, 0.5) is 8.78 Å². The number of rotatable bonds is 2. The van der Waals surface area contributed by atoms with E-state index in [9.17, 15) is 8.78 Å². The molecule has 0 bridgehead atoms. The monoisotopic (exact) mass is 187 g/mol. The Kier molecular flexibility index (Phi) is 3.24. The summed E-state index contributed by atoms with van der Waals surface area (Å²) < 4.78 is 24.5. The second kappa shape index (κ2) is 4.04. The molecular weight excluding hydrogens is 172 g/mol. The van der Waals surface area contributed by atoms with Crippen molar-refractivity contribution in [3.05, 3.63) is 0 Å². The van der Waals surface area contributed by atoms with E-state index in [1.54, 1.807) is 0 Å². The zero-order valence-electron chi connectivity index (χ0n) is 7.89. The van der Waals surface area contributed by atoms with Gasteiger partial charge in [0.05, 0.1) is 11.5 Å². The minimum absolute atomic E-state index is 0.242. The van der Waals surface area contributed by atoms with E-state index in [0.717, 1.165) is 12.8 Å². The summed E-state index contributed by atoms with van der Waals surface area (Å²) >= 11 is 0. The Labute approximate surface area is 77.7 Å². The third-order valence-electron chi connectivity index (χ3n) is 2.87. The summed E-state index contributed by atoms with van der Waals surface area (Å²) in [7, 11) is 0. The molecular formula is C10H15F2N. The lowest BCUT2D eigenvalue weighted by atomic mass is 9.69. The van der Waals surface area contributed by atoms with Gasteiger partial charge in [-0.1, -0.05) is 19.8 Å². The molecule has 0 N–H and O–H groups in total. The number of hydrogen-bond donors (Lipinski definition) is 0. The molecule has 0 amide bonds. The molecule has 1 rings (SSSR count). The van der Waals surface area contributed by atoms with Crippen LogP contribution in [0.1, 0.15) is 39.0 Å². The fourth-order valence-electron chi connectivity index (χ4n) is 2.29. The maximum absolute atomic E-state index is 12.2. The van der Waals surface area contributed by atoms with Crippen LogP contribution >= 0.6 is 0 Å². The molecule has 74 valence electrons. The van der Waals surface area contributed by atoms with E-state index in [4.69, 9.17) is 5.26 Å². The SMILES string of the molecule is CC1CCCC(C#N)(CC(F)F)C1. The summed E-state index contributed by atoms with van der Waals surface area (Å²) in [6, 6.07) is 2.10. The van der Waals surface area contributed by atoms with Gasteiger partial charge in [0, 0.05) is 6.42 Å². The van der Waals surface area contributed by atoms with Gasteiger partial charge in [-0.05, 0) is 18.8 Å². The van der Waals surface area contributed by atoms with E-state index >= 15 is 0 Å². The molecule has 0 saturated heterocycles. The molecule has 0 aromatic heterocycles. The molecule has 0 aromatic carbocycles. The highest BCUT2D eigenvalue weighted by Gasteiger charge is 2.37. The van der Waals surface area contributed by atoms with Crippen LogP contribution in [0, 0.1) is 22.7 Å². The summed E-state index contributed by atoms with van der Waals surface area (Å²) in [5.74, 6) is 0.423. The highest BCUT2D eigenvalue weighted by atomic mass is 19.3. The van der Waals surface area contributed by atoms with Gasteiger partial charge < -0.3 is 0 Å². The first-order chi connectivity index (χ1) is 6.08. The number of nitrogens with zero attached hydrogens (tertiary/aromatic N) is 1. The molecule has 1 aliphatic rings. The van der Waals surface area contributed by atoms with E-state index in [0.29, 0.717) is 18.8 Å². The van der Waals surface area contributed by atoms with Gasteiger partial charge in [0.15, 0.2) is 0 Å². The first-order valence-electron chi connectivity index (χ1n) is 4.77. The van der Waals surface area contributed by atoms with Crippen LogP contribution in [0.3, 0.4) is 0 Å². The fourth-order valence-corrected chi connectivity index (χ4v) is 2.29. The molecule has 0 aromatic rings. The number of nitriles is 1. The van der Waals surface area contributed by atoms with Crippen molar-refractivity contribution in [2.45, 2.75) is 45.5 Å². The minimum atomic E-state index is -2.34. The summed E-state index contributed by atoms with van der Waals surface area (Å²) in [5, 5.41) is 8.92. The van der Waals surface area contributed by atoms with Crippen molar-refractivity contribution >= 4 is 0 Å². The predicted molar refractivity (Wildman–Crippen MR) is 46.3 cm³/mol. The van der Waals surface area contributed by atoms with E-state index < -0.39 is 11.8 Å². The van der Waals surface area contributed by atoms with Gasteiger partial charge in [0.1, 0.15) is 0 Å². The molecule has 3 heteroatoms. The van der Waals surface area contributed by atoms with Crippen molar-refractivity contribution in [2.75, 3.05) is 0 Å². The Hall–Kier alpha value is -0.650. The highest BCUT2D eigenvalue weighted by Crippen LogP contribution is 2.42. The maximum atomic E-state index is 12.2. The van der Waals surface area contributed by atoms with Gasteiger partial charge in [-0.25, -0.2) is 8.78 Å². The molecule has 13 heavy (non-hydrogen) atoms. The Morgan fingerprint density at radius 3 is 2.77 bits per heavy atom. The van der Waals surface area contributed by atoms with Gasteiger partial charge >= 0.3 is 0 Å². The van der Waals surface area contributed by atoms with Crippen LogP contribution < -0.4 is 0 Å². The van der Waals surface area contributed by atoms with E-state index in [-0.39, 0.29) is 6.42 Å². The lowest BCUT2D eigenvalue weighted by Crippen LogP contribution is -2.28. The van der Waals surface area contributed by atoms with E-state index in [1.165, 1.54) is 0 Å². The van der Waals surface area contributed by atoms with Crippen LogP contribution in [-0.4, -0.2) is 6.43 Å². The van der Waals surface area contributed by atoms with Crippen LogP contribution in [0.2, 0.25) is 0 Å². The van der Waals surface area contributed by atoms with E-state index in [2.05, 4.69) is 6.07 Å². The predicted octanol–water partition coefficient (Wildman–Crippen LogP) is 3.36. The Morgan fingerprint density at radius 1 is 1.62 bits per heavy atom. The standard InChI is InChI=1S/C10H15F2N/c1-8-3-2-4-10(5-8,7-13)6-9(11)12/h8-9H,2-6H2,1H3. The Bertz CT molecular complexity index is 205. The van der Waals surface area contributed by atoms with Crippen LogP contribution in [0.25, 0.3) is 0 Å². The van der Waals surface area contributed by atoms with Crippen molar-refractivity contribution in [3.63, 3.8) is 0 Å². The number of halogens is 2. The maximum Gasteiger partial charge on any atom is 0.240 e. The topological polar surface area (TPSA) is 23.8 Å². The zero-order valence-corrected chi connectivity index (χ0v) is 7.89. The third-order valence-corrected chi connectivity index (χ3v) is 2.87. The minimum Gasteiger partial charge on any atom is -0.210 e. The summed E-state index contributed by atoms with van der Waals surface area (Å²) in [5.41, 5.74) is -0.730. The van der Waals surface area contributed by atoms with Crippen LogP contribution in [-0.2, 0) is 0 Å². The molecule has 1 saturated carbocycles. The first-order valence-corrected chi connectivity index (χ1v) is 4.77. The number of alkyl halides is 2. The molecule has 1 aliphatic carbocycles. The largest absolute Gasteiger partial charge is 0.240 e. The van der Waals surface area contributed by atoms with Crippen molar-refractivity contribution in [1.82, 2.24) is 0 Å². The van der Waals surface area contributed by atoms with Gasteiger partial charge in [-0.15, -0.1) is 0 Å². The van der Waals surface area contributed by atoms with E-state index in [1.807, 2.05) is 6.92 Å². The molecule has 0 spiro atoms. The fraction of sp³-hybridized carbons (Fsp3) is 0.900. The third kappa shape index (κ3) is 2.65. The second-order valence-corrected chi connectivity index (χ2v) is 4.19. The lowest BCUT2D eigenvalue weighted by Gasteiger charge is -2.33. The molecule has 1 fully saturated rings. The van der Waals surface area contributed by atoms with Gasteiger partial charge in [-0.2, -0.15) is 5.26 Å². The van der Waals surface area contributed by atoms with Gasteiger partial charge in [-0.3, -0.25) is 0 Å². The molecule has 1 nitrogen and oxygen atoms in total. The Morgan fingerprint density at radius 2 is 2.31 bits per heavy atom. The summed E-state index contributed by atoms with van der Waals surface area (Å²) in [6.07, 6.45) is 0.707. The second-order valence-electron chi connectivity index (χ2n) is 4.19. The Balaban J connectivity index is 2.63. The van der Waals surface area contributed by atoms with Crippen molar-refractivity contribution < 1.29 is 8.78 Å². The first kappa shape index (κ1) is 10.4. The van der Waals surface area contributed by atoms with Crippen molar-refractivity contribution in [2.24, 2.45) is 11.3 Å². The van der Waals surface area contributed by atoms with Gasteiger partial charge in [0.25, 0.3) is 0 Å². The summed E-state index contributed by atoms with van der Waals surface area (Å²) in [6.45, 7) is 2.04.